The lowest BCUT2D eigenvalue weighted by molar-refractivity contribution is 0.491. The molecule has 1 aliphatic rings. The molecule has 1 aromatic rings. The molecule has 0 aliphatic carbocycles. The van der Waals surface area contributed by atoms with E-state index in [1.165, 1.54) is 4.31 Å². The number of benzene rings is 1. The largest absolute Gasteiger partial charge is 0.312 e. The molecule has 0 amide bonds. The molecule has 0 fully saturated rings. The first kappa shape index (κ1) is 11.2. The number of nitrogens with zero attached hydrogens (tertiary/aromatic N) is 1. The molecule has 0 radical (unpaired) electrons. The normalized spacial score (nSPS) is 20.3. The predicted octanol–water partition coefficient (Wildman–Crippen LogP) is 0.793. The summed E-state index contributed by atoms with van der Waals surface area (Å²) in [7, 11) is -1.56. The molecule has 1 N–H and O–H groups in total. The van der Waals surface area contributed by atoms with Gasteiger partial charge in [-0.2, -0.15) is 0 Å². The van der Waals surface area contributed by atoms with Crippen molar-refractivity contribution in [3.8, 4) is 0 Å². The molecule has 5 heteroatoms. The van der Waals surface area contributed by atoms with Crippen molar-refractivity contribution in [3.05, 3.63) is 42.6 Å². The van der Waals surface area contributed by atoms with E-state index in [-0.39, 0.29) is 6.04 Å². The molecule has 0 aromatic heterocycles. The van der Waals surface area contributed by atoms with E-state index in [4.69, 9.17) is 0 Å². The number of nitrogens with one attached hydrogen (secondary N) is 1. The molecule has 1 atom stereocenters. The maximum atomic E-state index is 12.1. The van der Waals surface area contributed by atoms with Crippen LogP contribution in [0.2, 0.25) is 0 Å². The molecule has 1 unspecified atom stereocenters. The van der Waals surface area contributed by atoms with Gasteiger partial charge >= 0.3 is 0 Å². The highest BCUT2D eigenvalue weighted by atomic mass is 32.2. The van der Waals surface area contributed by atoms with Gasteiger partial charge < -0.3 is 5.32 Å². The fourth-order valence-electron chi connectivity index (χ4n) is 1.61. The Morgan fingerprint density at radius 2 is 2.00 bits per heavy atom. The minimum atomic E-state index is -3.38. The molecule has 1 aliphatic heterocycles. The standard InChI is InChI=1S/C11H14N2O2S/c1-12-10-7-8-13(9-10)16(14,15)11-5-3-2-4-6-11/h2-8,10,12H,9H2,1H3. The Balaban J connectivity index is 2.26. The van der Waals surface area contributed by atoms with Crippen molar-refractivity contribution in [2.45, 2.75) is 10.9 Å². The van der Waals surface area contributed by atoms with Crippen molar-refractivity contribution in [2.75, 3.05) is 13.6 Å². The van der Waals surface area contributed by atoms with E-state index in [1.807, 2.05) is 13.1 Å². The van der Waals surface area contributed by atoms with Crippen LogP contribution in [0.4, 0.5) is 0 Å². The topological polar surface area (TPSA) is 49.4 Å². The van der Waals surface area contributed by atoms with Gasteiger partial charge in [0.05, 0.1) is 11.4 Å². The first-order valence-electron chi connectivity index (χ1n) is 5.07. The van der Waals surface area contributed by atoms with E-state index < -0.39 is 10.0 Å². The maximum absolute atomic E-state index is 12.1. The van der Waals surface area contributed by atoms with Gasteiger partial charge in [-0.25, -0.2) is 8.42 Å². The van der Waals surface area contributed by atoms with Gasteiger partial charge in [0.15, 0.2) is 0 Å². The highest BCUT2D eigenvalue weighted by Crippen LogP contribution is 2.19. The highest BCUT2D eigenvalue weighted by Gasteiger charge is 2.26. The summed E-state index contributed by atoms with van der Waals surface area (Å²) in [5, 5.41) is 3.02. The lowest BCUT2D eigenvalue weighted by Crippen LogP contribution is -2.33. The molecule has 1 heterocycles. The molecule has 4 nitrogen and oxygen atoms in total. The van der Waals surface area contributed by atoms with Crippen LogP contribution in [-0.4, -0.2) is 32.4 Å². The third-order valence-electron chi connectivity index (χ3n) is 2.58. The van der Waals surface area contributed by atoms with E-state index in [1.54, 1.807) is 36.5 Å². The SMILES string of the molecule is CNC1C=CN(S(=O)(=O)c2ccccc2)C1. The Bertz CT molecular complexity index is 482. The molecule has 2 rings (SSSR count). The quantitative estimate of drug-likeness (QED) is 0.847. The van der Waals surface area contributed by atoms with E-state index in [2.05, 4.69) is 5.32 Å². The van der Waals surface area contributed by atoms with Crippen LogP contribution in [-0.2, 0) is 10.0 Å². The third kappa shape index (κ3) is 1.96. The van der Waals surface area contributed by atoms with Crippen LogP contribution in [0, 0.1) is 0 Å². The summed E-state index contributed by atoms with van der Waals surface area (Å²) < 4.78 is 25.7. The van der Waals surface area contributed by atoms with E-state index in [0.29, 0.717) is 11.4 Å². The van der Waals surface area contributed by atoms with Crippen molar-refractivity contribution >= 4 is 10.0 Å². The maximum Gasteiger partial charge on any atom is 0.263 e. The lowest BCUT2D eigenvalue weighted by atomic mass is 10.3. The summed E-state index contributed by atoms with van der Waals surface area (Å²) in [6, 6.07) is 8.56. The number of hydrogen-bond acceptors (Lipinski definition) is 3. The molecule has 1 aromatic carbocycles. The summed E-state index contributed by atoms with van der Waals surface area (Å²) >= 11 is 0. The molecule has 0 saturated heterocycles. The smallest absolute Gasteiger partial charge is 0.263 e. The van der Waals surface area contributed by atoms with E-state index >= 15 is 0 Å². The summed E-state index contributed by atoms with van der Waals surface area (Å²) in [5.41, 5.74) is 0. The summed E-state index contributed by atoms with van der Waals surface area (Å²) in [6.45, 7) is 0.452. The van der Waals surface area contributed by atoms with Crippen LogP contribution in [0.3, 0.4) is 0 Å². The van der Waals surface area contributed by atoms with Crippen LogP contribution in [0.1, 0.15) is 0 Å². The van der Waals surface area contributed by atoms with Crippen LogP contribution in [0.5, 0.6) is 0 Å². The van der Waals surface area contributed by atoms with Gasteiger partial charge in [0.2, 0.25) is 0 Å². The van der Waals surface area contributed by atoms with Gasteiger partial charge in [-0.1, -0.05) is 18.2 Å². The fourth-order valence-corrected chi connectivity index (χ4v) is 2.97. The van der Waals surface area contributed by atoms with Crippen molar-refractivity contribution < 1.29 is 8.42 Å². The zero-order valence-corrected chi connectivity index (χ0v) is 9.81. The number of hydrogen-bond donors (Lipinski definition) is 1. The zero-order valence-electron chi connectivity index (χ0n) is 9.00. The number of likely N-dealkylation sites (N-methyl/N-ethyl adjacent to an activating group) is 1. The fraction of sp³-hybridized carbons (Fsp3) is 0.273. The van der Waals surface area contributed by atoms with Crippen molar-refractivity contribution in [2.24, 2.45) is 0 Å². The second-order valence-corrected chi connectivity index (χ2v) is 5.52. The zero-order chi connectivity index (χ0) is 11.6. The second-order valence-electron chi connectivity index (χ2n) is 3.62. The monoisotopic (exact) mass is 238 g/mol. The molecular weight excluding hydrogens is 224 g/mol. The number of sulfonamides is 1. The second kappa shape index (κ2) is 4.27. The first-order chi connectivity index (χ1) is 7.64. The van der Waals surface area contributed by atoms with Crippen LogP contribution in [0.25, 0.3) is 0 Å². The Hall–Kier alpha value is -1.33. The predicted molar refractivity (Wildman–Crippen MR) is 62.3 cm³/mol. The molecule has 0 bridgehead atoms. The van der Waals surface area contributed by atoms with Crippen LogP contribution >= 0.6 is 0 Å². The van der Waals surface area contributed by atoms with Crippen molar-refractivity contribution in [1.82, 2.24) is 9.62 Å². The van der Waals surface area contributed by atoms with Gasteiger partial charge in [-0.05, 0) is 25.3 Å². The molecule has 16 heavy (non-hydrogen) atoms. The highest BCUT2D eigenvalue weighted by molar-refractivity contribution is 7.89. The first-order valence-corrected chi connectivity index (χ1v) is 6.51. The van der Waals surface area contributed by atoms with Gasteiger partial charge in [0.25, 0.3) is 10.0 Å². The van der Waals surface area contributed by atoms with Gasteiger partial charge in [-0.3, -0.25) is 4.31 Å². The average Bonchev–Trinajstić information content (AvgIpc) is 2.79. The van der Waals surface area contributed by atoms with Crippen LogP contribution < -0.4 is 5.32 Å². The Kier molecular flexibility index (Phi) is 2.98. The van der Waals surface area contributed by atoms with Crippen molar-refractivity contribution in [1.29, 1.82) is 0 Å². The molecular formula is C11H14N2O2S. The minimum absolute atomic E-state index is 0.0958. The van der Waals surface area contributed by atoms with Crippen LogP contribution in [0.15, 0.2) is 47.5 Å². The summed E-state index contributed by atoms with van der Waals surface area (Å²) in [5.74, 6) is 0. The Morgan fingerprint density at radius 3 is 2.56 bits per heavy atom. The van der Waals surface area contributed by atoms with Crippen molar-refractivity contribution in [3.63, 3.8) is 0 Å². The molecule has 0 saturated carbocycles. The molecule has 0 spiro atoms. The summed E-state index contributed by atoms with van der Waals surface area (Å²) in [6.07, 6.45) is 3.46. The average molecular weight is 238 g/mol. The Labute approximate surface area is 95.6 Å². The van der Waals surface area contributed by atoms with Gasteiger partial charge in [0.1, 0.15) is 0 Å². The van der Waals surface area contributed by atoms with E-state index in [0.717, 1.165) is 0 Å². The summed E-state index contributed by atoms with van der Waals surface area (Å²) in [4.78, 5) is 0.330. The lowest BCUT2D eigenvalue weighted by Gasteiger charge is -2.17. The minimum Gasteiger partial charge on any atom is -0.312 e. The Morgan fingerprint density at radius 1 is 1.31 bits per heavy atom. The molecule has 86 valence electrons. The van der Waals surface area contributed by atoms with E-state index in [9.17, 15) is 8.42 Å². The number of rotatable bonds is 3. The van der Waals surface area contributed by atoms with Gasteiger partial charge in [0, 0.05) is 12.2 Å². The third-order valence-corrected chi connectivity index (χ3v) is 4.34. The van der Waals surface area contributed by atoms with Gasteiger partial charge in [-0.15, -0.1) is 0 Å².